The number of aliphatic carboxylic acids is 1. The molecule has 1 atom stereocenters. The Balaban J connectivity index is 3.16. The Morgan fingerprint density at radius 1 is 1.62 bits per heavy atom. The van der Waals surface area contributed by atoms with E-state index in [2.05, 4.69) is 4.98 Å². The largest absolute Gasteiger partial charge is 0.480 e. The number of hydrogen-bond donors (Lipinski definition) is 2. The van der Waals surface area contributed by atoms with Crippen molar-refractivity contribution in [2.24, 2.45) is 5.73 Å². The number of carboxylic acids is 1. The van der Waals surface area contributed by atoms with Crippen LogP contribution in [-0.4, -0.2) is 22.1 Å². The van der Waals surface area contributed by atoms with E-state index in [9.17, 15) is 4.79 Å². The van der Waals surface area contributed by atoms with Crippen molar-refractivity contribution in [1.29, 1.82) is 0 Å². The first-order chi connectivity index (χ1) is 7.26. The van der Waals surface area contributed by atoms with Gasteiger partial charge >= 0.3 is 5.97 Å². The fourth-order valence-corrected chi connectivity index (χ4v) is 1.50. The molecule has 0 saturated carbocycles. The number of halogens is 1. The number of aryl methyl sites for hydroxylation is 1. The van der Waals surface area contributed by atoms with Crippen LogP contribution in [0.4, 0.5) is 0 Å². The lowest BCUT2D eigenvalue weighted by molar-refractivity contribution is -0.140. The molecule has 0 aliphatic rings. The zero-order chi connectivity index (χ0) is 12.5. The number of rotatable bonds is 3. The van der Waals surface area contributed by atoms with Gasteiger partial charge in [0.1, 0.15) is 11.2 Å². The Kier molecular flexibility index (Phi) is 3.55. The van der Waals surface area contributed by atoms with E-state index < -0.39 is 17.4 Å². The van der Waals surface area contributed by atoms with Crippen LogP contribution in [0.5, 0.6) is 0 Å². The van der Waals surface area contributed by atoms with Gasteiger partial charge in [-0.15, -0.1) is 0 Å². The van der Waals surface area contributed by atoms with Crippen LogP contribution in [0.25, 0.3) is 0 Å². The minimum absolute atomic E-state index is 0.420. The molecule has 0 aliphatic carbocycles. The number of pyridine rings is 1. The molecular weight excluding hydrogens is 228 g/mol. The van der Waals surface area contributed by atoms with Crippen LogP contribution in [0.3, 0.4) is 0 Å². The Labute approximate surface area is 99.4 Å². The van der Waals surface area contributed by atoms with Crippen molar-refractivity contribution in [3.8, 4) is 0 Å². The van der Waals surface area contributed by atoms with Crippen LogP contribution in [0, 0.1) is 6.92 Å². The average Bonchev–Trinajstić information content (AvgIpc) is 2.20. The summed E-state index contributed by atoms with van der Waals surface area (Å²) in [6, 6.07) is 0.841. The predicted molar refractivity (Wildman–Crippen MR) is 62.6 cm³/mol. The summed E-state index contributed by atoms with van der Waals surface area (Å²) in [5.41, 5.74) is 6.55. The molecule has 4 nitrogen and oxygen atoms in total. The first-order valence-corrected chi connectivity index (χ1v) is 5.25. The summed E-state index contributed by atoms with van der Waals surface area (Å²) in [6.45, 7) is 5.37. The third kappa shape index (κ3) is 2.33. The van der Waals surface area contributed by atoms with Gasteiger partial charge in [0, 0.05) is 11.6 Å². The molecule has 1 aromatic heterocycles. The van der Waals surface area contributed by atoms with Crippen LogP contribution < -0.4 is 5.73 Å². The van der Waals surface area contributed by atoms with Gasteiger partial charge < -0.3 is 10.8 Å². The van der Waals surface area contributed by atoms with Gasteiger partial charge in [-0.2, -0.15) is 0 Å². The molecule has 0 radical (unpaired) electrons. The van der Waals surface area contributed by atoms with Crippen molar-refractivity contribution in [3.05, 3.63) is 28.5 Å². The molecule has 0 aliphatic heterocycles. The molecule has 88 valence electrons. The number of nitrogens with zero attached hydrogens (tertiary/aromatic N) is 1. The van der Waals surface area contributed by atoms with E-state index in [1.165, 1.54) is 0 Å². The SMILES string of the molecule is Cc1cc(C(C)(C)C(N)C(=O)O)cnc1Cl. The minimum Gasteiger partial charge on any atom is -0.480 e. The lowest BCUT2D eigenvalue weighted by Gasteiger charge is -2.29. The maximum absolute atomic E-state index is 10.9. The van der Waals surface area contributed by atoms with E-state index in [4.69, 9.17) is 22.4 Å². The molecular formula is C11H15ClN2O2. The van der Waals surface area contributed by atoms with E-state index in [-0.39, 0.29) is 0 Å². The van der Waals surface area contributed by atoms with Crippen molar-refractivity contribution in [3.63, 3.8) is 0 Å². The van der Waals surface area contributed by atoms with Gasteiger partial charge in [-0.25, -0.2) is 4.98 Å². The minimum atomic E-state index is -1.03. The standard InChI is InChI=1S/C11H15ClN2O2/c1-6-4-7(5-14-9(6)12)11(2,3)8(13)10(15)16/h4-5,8H,13H2,1-3H3,(H,15,16). The molecule has 1 heterocycles. The molecule has 0 saturated heterocycles. The Bertz CT molecular complexity index is 418. The second-order valence-corrected chi connectivity index (χ2v) is 4.73. The third-order valence-electron chi connectivity index (χ3n) is 2.80. The topological polar surface area (TPSA) is 76.2 Å². The summed E-state index contributed by atoms with van der Waals surface area (Å²) in [5, 5.41) is 9.35. The van der Waals surface area contributed by atoms with Gasteiger partial charge in [-0.05, 0) is 18.1 Å². The van der Waals surface area contributed by atoms with Gasteiger partial charge in [0.15, 0.2) is 0 Å². The lowest BCUT2D eigenvalue weighted by Crippen LogP contribution is -2.46. The Hall–Kier alpha value is -1.13. The van der Waals surface area contributed by atoms with Crippen LogP contribution in [0.15, 0.2) is 12.3 Å². The zero-order valence-corrected chi connectivity index (χ0v) is 10.2. The second-order valence-electron chi connectivity index (χ2n) is 4.37. The predicted octanol–water partition coefficient (Wildman–Crippen LogP) is 1.73. The van der Waals surface area contributed by atoms with Crippen LogP contribution in [0.2, 0.25) is 5.15 Å². The normalized spacial score (nSPS) is 13.6. The fraction of sp³-hybridized carbons (Fsp3) is 0.455. The zero-order valence-electron chi connectivity index (χ0n) is 9.49. The number of nitrogens with two attached hydrogens (primary N) is 1. The number of aromatic nitrogens is 1. The molecule has 0 aromatic carbocycles. The van der Waals surface area contributed by atoms with Gasteiger partial charge in [0.25, 0.3) is 0 Å². The second kappa shape index (κ2) is 4.39. The molecule has 0 spiro atoms. The summed E-state index contributed by atoms with van der Waals surface area (Å²) in [5.74, 6) is -1.03. The molecule has 3 N–H and O–H groups in total. The van der Waals surface area contributed by atoms with Crippen molar-refractivity contribution < 1.29 is 9.90 Å². The van der Waals surface area contributed by atoms with E-state index in [1.54, 1.807) is 20.0 Å². The average molecular weight is 243 g/mol. The molecule has 16 heavy (non-hydrogen) atoms. The van der Waals surface area contributed by atoms with Crippen LogP contribution in [0.1, 0.15) is 25.0 Å². The lowest BCUT2D eigenvalue weighted by atomic mass is 9.78. The van der Waals surface area contributed by atoms with Crippen molar-refractivity contribution in [1.82, 2.24) is 4.98 Å². The highest BCUT2D eigenvalue weighted by molar-refractivity contribution is 6.30. The molecule has 1 unspecified atom stereocenters. The number of carbonyl (C=O) groups is 1. The van der Waals surface area contributed by atoms with E-state index in [0.717, 1.165) is 11.1 Å². The maximum Gasteiger partial charge on any atom is 0.321 e. The van der Waals surface area contributed by atoms with Crippen LogP contribution in [-0.2, 0) is 10.2 Å². The first kappa shape index (κ1) is 12.9. The quantitative estimate of drug-likeness (QED) is 0.792. The van der Waals surface area contributed by atoms with E-state index in [1.807, 2.05) is 13.0 Å². The number of carboxylic acid groups (broad SMARTS) is 1. The highest BCUT2D eigenvalue weighted by Gasteiger charge is 2.34. The van der Waals surface area contributed by atoms with E-state index in [0.29, 0.717) is 5.15 Å². The van der Waals surface area contributed by atoms with Gasteiger partial charge in [-0.3, -0.25) is 4.79 Å². The van der Waals surface area contributed by atoms with Gasteiger partial charge in [-0.1, -0.05) is 31.5 Å². The highest BCUT2D eigenvalue weighted by atomic mass is 35.5. The monoisotopic (exact) mass is 242 g/mol. The number of hydrogen-bond acceptors (Lipinski definition) is 3. The van der Waals surface area contributed by atoms with Crippen LogP contribution >= 0.6 is 11.6 Å². The summed E-state index contributed by atoms with van der Waals surface area (Å²) < 4.78 is 0. The highest BCUT2D eigenvalue weighted by Crippen LogP contribution is 2.27. The van der Waals surface area contributed by atoms with Gasteiger partial charge in [0.2, 0.25) is 0 Å². The third-order valence-corrected chi connectivity index (χ3v) is 3.20. The van der Waals surface area contributed by atoms with Crippen molar-refractivity contribution in [2.75, 3.05) is 0 Å². The Morgan fingerprint density at radius 2 is 2.19 bits per heavy atom. The molecule has 0 fully saturated rings. The smallest absolute Gasteiger partial charge is 0.321 e. The maximum atomic E-state index is 10.9. The molecule has 0 bridgehead atoms. The van der Waals surface area contributed by atoms with Gasteiger partial charge in [0.05, 0.1) is 0 Å². The fourth-order valence-electron chi connectivity index (χ4n) is 1.40. The van der Waals surface area contributed by atoms with Crippen molar-refractivity contribution in [2.45, 2.75) is 32.2 Å². The van der Waals surface area contributed by atoms with E-state index >= 15 is 0 Å². The molecule has 0 amide bonds. The Morgan fingerprint density at radius 3 is 2.62 bits per heavy atom. The summed E-state index contributed by atoms with van der Waals surface area (Å²) >= 11 is 5.81. The summed E-state index contributed by atoms with van der Waals surface area (Å²) in [7, 11) is 0. The molecule has 1 aromatic rings. The first-order valence-electron chi connectivity index (χ1n) is 4.88. The van der Waals surface area contributed by atoms with Crippen molar-refractivity contribution >= 4 is 17.6 Å². The molecule has 5 heteroatoms. The summed E-state index contributed by atoms with van der Waals surface area (Å²) in [4.78, 5) is 14.9. The molecule has 1 rings (SSSR count). The summed E-state index contributed by atoms with van der Waals surface area (Å²) in [6.07, 6.45) is 1.57.